The Balaban J connectivity index is 1.58. The Morgan fingerprint density at radius 1 is 0.758 bits per heavy atom. The molecule has 166 valence electrons. The maximum absolute atomic E-state index is 13.3. The molecule has 0 saturated carbocycles. The molecule has 0 aliphatic heterocycles. The van der Waals surface area contributed by atoms with Crippen LogP contribution in [0.1, 0.15) is 40.0 Å². The lowest BCUT2D eigenvalue weighted by molar-refractivity contribution is 0.0942. The van der Waals surface area contributed by atoms with Crippen molar-refractivity contribution < 1.29 is 14.3 Å². The Hall–Kier alpha value is -4.05. The summed E-state index contributed by atoms with van der Waals surface area (Å²) in [5.74, 6) is 1.33. The van der Waals surface area contributed by atoms with Crippen LogP contribution in [0, 0.1) is 0 Å². The van der Waals surface area contributed by atoms with Crippen LogP contribution in [-0.4, -0.2) is 12.5 Å². The normalized spacial score (nSPS) is 10.6. The number of benzene rings is 4. The van der Waals surface area contributed by atoms with E-state index < -0.39 is 0 Å². The molecule has 4 heteroatoms. The summed E-state index contributed by atoms with van der Waals surface area (Å²) in [4.78, 5) is 13.3. The molecule has 0 unspecified atom stereocenters. The van der Waals surface area contributed by atoms with Gasteiger partial charge in [0, 0.05) is 11.1 Å². The van der Waals surface area contributed by atoms with Gasteiger partial charge in [0.15, 0.2) is 0 Å². The lowest BCUT2D eigenvalue weighted by Crippen LogP contribution is -2.29. The molecule has 0 fully saturated rings. The van der Waals surface area contributed by atoms with Crippen LogP contribution < -0.4 is 14.8 Å². The highest BCUT2D eigenvalue weighted by Gasteiger charge is 2.19. The van der Waals surface area contributed by atoms with Gasteiger partial charge >= 0.3 is 0 Å². The molecular weight excluding hydrogens is 410 g/mol. The lowest BCUT2D eigenvalue weighted by Gasteiger charge is -2.20. The summed E-state index contributed by atoms with van der Waals surface area (Å²) in [7, 11) is 0. The fraction of sp³-hybridized carbons (Fsp3) is 0.138. The van der Waals surface area contributed by atoms with Gasteiger partial charge in [0.25, 0.3) is 5.91 Å². The fourth-order valence-electron chi connectivity index (χ4n) is 3.67. The van der Waals surface area contributed by atoms with Gasteiger partial charge in [-0.05, 0) is 48.4 Å². The van der Waals surface area contributed by atoms with Crippen molar-refractivity contribution in [3.63, 3.8) is 0 Å². The van der Waals surface area contributed by atoms with Gasteiger partial charge in [0.05, 0.1) is 12.6 Å². The van der Waals surface area contributed by atoms with E-state index in [2.05, 4.69) is 5.32 Å². The smallest absolute Gasteiger partial charge is 0.252 e. The average Bonchev–Trinajstić information content (AvgIpc) is 2.88. The third-order valence-corrected chi connectivity index (χ3v) is 5.30. The van der Waals surface area contributed by atoms with Crippen LogP contribution in [0.4, 0.5) is 0 Å². The first-order valence-corrected chi connectivity index (χ1v) is 11.1. The highest BCUT2D eigenvalue weighted by molar-refractivity contribution is 5.95. The average molecular weight is 438 g/mol. The Morgan fingerprint density at radius 2 is 1.33 bits per heavy atom. The van der Waals surface area contributed by atoms with E-state index in [0.717, 1.165) is 22.4 Å². The van der Waals surface area contributed by atoms with Crippen molar-refractivity contribution in [2.24, 2.45) is 0 Å². The molecular formula is C29H27NO3. The molecule has 0 saturated heterocycles. The van der Waals surface area contributed by atoms with Crippen molar-refractivity contribution >= 4 is 5.91 Å². The second kappa shape index (κ2) is 11.0. The van der Waals surface area contributed by atoms with E-state index in [0.29, 0.717) is 24.5 Å². The summed E-state index contributed by atoms with van der Waals surface area (Å²) in [6.07, 6.45) is 0. The maximum atomic E-state index is 13.3. The summed E-state index contributed by atoms with van der Waals surface area (Å²) in [5.41, 5.74) is 3.43. The third kappa shape index (κ3) is 5.80. The first kappa shape index (κ1) is 22.2. The predicted octanol–water partition coefficient (Wildman–Crippen LogP) is 6.18. The van der Waals surface area contributed by atoms with Crippen LogP contribution in [0.5, 0.6) is 11.5 Å². The van der Waals surface area contributed by atoms with E-state index in [1.54, 1.807) is 6.07 Å². The second-order valence-electron chi connectivity index (χ2n) is 7.59. The highest BCUT2D eigenvalue weighted by Crippen LogP contribution is 2.25. The molecule has 1 N–H and O–H groups in total. The third-order valence-electron chi connectivity index (χ3n) is 5.30. The van der Waals surface area contributed by atoms with Crippen molar-refractivity contribution in [2.45, 2.75) is 19.6 Å². The monoisotopic (exact) mass is 437 g/mol. The Labute approximate surface area is 194 Å². The number of nitrogens with one attached hydrogen (secondary N) is 1. The molecule has 0 heterocycles. The number of carbonyl (C=O) groups excluding carboxylic acids is 1. The van der Waals surface area contributed by atoms with Gasteiger partial charge in [-0.2, -0.15) is 0 Å². The van der Waals surface area contributed by atoms with E-state index in [1.807, 2.05) is 110 Å². The van der Waals surface area contributed by atoms with E-state index >= 15 is 0 Å². The number of ether oxygens (including phenoxy) is 2. The molecule has 4 aromatic carbocycles. The van der Waals surface area contributed by atoms with Gasteiger partial charge in [0.2, 0.25) is 0 Å². The first-order chi connectivity index (χ1) is 16.2. The van der Waals surface area contributed by atoms with E-state index in [4.69, 9.17) is 9.47 Å². The molecule has 4 rings (SSSR count). The molecule has 0 atom stereocenters. The van der Waals surface area contributed by atoms with Crippen molar-refractivity contribution in [3.05, 3.63) is 131 Å². The minimum Gasteiger partial charge on any atom is -0.493 e. The molecule has 0 bridgehead atoms. The summed E-state index contributed by atoms with van der Waals surface area (Å²) in [6, 6.07) is 34.8. The van der Waals surface area contributed by atoms with Crippen LogP contribution in [0.15, 0.2) is 109 Å². The highest BCUT2D eigenvalue weighted by atomic mass is 16.5. The number of amides is 1. The molecule has 1 amide bonds. The molecule has 4 nitrogen and oxygen atoms in total. The summed E-state index contributed by atoms with van der Waals surface area (Å²) in [6.45, 7) is 2.78. The predicted molar refractivity (Wildman–Crippen MR) is 131 cm³/mol. The van der Waals surface area contributed by atoms with Gasteiger partial charge in [-0.15, -0.1) is 0 Å². The number of rotatable bonds is 9. The molecule has 0 aliphatic carbocycles. The molecule has 0 spiro atoms. The molecule has 0 aliphatic rings. The van der Waals surface area contributed by atoms with Crippen LogP contribution in [-0.2, 0) is 6.61 Å². The van der Waals surface area contributed by atoms with Gasteiger partial charge in [-0.1, -0.05) is 78.9 Å². The number of para-hydroxylation sites is 1. The summed E-state index contributed by atoms with van der Waals surface area (Å²) < 4.78 is 11.7. The SMILES string of the molecule is CCOc1ccc(C(=O)NC(c2ccccc2)c2ccccc2)cc1COc1ccccc1. The van der Waals surface area contributed by atoms with Crippen LogP contribution >= 0.6 is 0 Å². The molecule has 0 aromatic heterocycles. The quantitative estimate of drug-likeness (QED) is 0.340. The summed E-state index contributed by atoms with van der Waals surface area (Å²) >= 11 is 0. The van der Waals surface area contributed by atoms with Gasteiger partial charge in [0.1, 0.15) is 18.1 Å². The van der Waals surface area contributed by atoms with Crippen LogP contribution in [0.25, 0.3) is 0 Å². The van der Waals surface area contributed by atoms with Crippen molar-refractivity contribution in [1.82, 2.24) is 5.32 Å². The zero-order valence-corrected chi connectivity index (χ0v) is 18.6. The van der Waals surface area contributed by atoms with E-state index in [9.17, 15) is 4.79 Å². The second-order valence-corrected chi connectivity index (χ2v) is 7.59. The number of hydrogen-bond donors (Lipinski definition) is 1. The molecule has 33 heavy (non-hydrogen) atoms. The zero-order chi connectivity index (χ0) is 22.9. The van der Waals surface area contributed by atoms with Crippen molar-refractivity contribution in [3.8, 4) is 11.5 Å². The number of hydrogen-bond acceptors (Lipinski definition) is 3. The Morgan fingerprint density at radius 3 is 1.91 bits per heavy atom. The standard InChI is InChI=1S/C29H27NO3/c1-2-32-27-19-18-24(20-25(27)21-33-26-16-10-5-11-17-26)29(31)30-28(22-12-6-3-7-13-22)23-14-8-4-9-15-23/h3-20,28H,2,21H2,1H3,(H,30,31). The van der Waals surface area contributed by atoms with E-state index in [1.165, 1.54) is 0 Å². The maximum Gasteiger partial charge on any atom is 0.252 e. The number of carbonyl (C=O) groups is 1. The lowest BCUT2D eigenvalue weighted by atomic mass is 9.98. The van der Waals surface area contributed by atoms with Crippen molar-refractivity contribution in [2.75, 3.05) is 6.61 Å². The van der Waals surface area contributed by atoms with Gasteiger partial charge in [-0.25, -0.2) is 0 Å². The minimum atomic E-state index is -0.254. The fourth-order valence-corrected chi connectivity index (χ4v) is 3.67. The minimum absolute atomic E-state index is 0.156. The van der Waals surface area contributed by atoms with Crippen LogP contribution in [0.3, 0.4) is 0 Å². The van der Waals surface area contributed by atoms with Gasteiger partial charge < -0.3 is 14.8 Å². The summed E-state index contributed by atoms with van der Waals surface area (Å²) in [5, 5.41) is 3.20. The topological polar surface area (TPSA) is 47.6 Å². The van der Waals surface area contributed by atoms with Crippen LogP contribution in [0.2, 0.25) is 0 Å². The zero-order valence-electron chi connectivity index (χ0n) is 18.6. The van der Waals surface area contributed by atoms with E-state index in [-0.39, 0.29) is 11.9 Å². The molecule has 4 aromatic rings. The molecule has 0 radical (unpaired) electrons. The van der Waals surface area contributed by atoms with Gasteiger partial charge in [-0.3, -0.25) is 4.79 Å². The Kier molecular flexibility index (Phi) is 7.39. The largest absolute Gasteiger partial charge is 0.493 e. The Bertz CT molecular complexity index is 1120. The van der Waals surface area contributed by atoms with Crippen molar-refractivity contribution in [1.29, 1.82) is 0 Å². The first-order valence-electron chi connectivity index (χ1n) is 11.1.